The largest absolute Gasteiger partial charge is 0.325 e. The van der Waals surface area contributed by atoms with Crippen LogP contribution in [0, 0.1) is 13.8 Å². The first kappa shape index (κ1) is 20.5. The van der Waals surface area contributed by atoms with Crippen LogP contribution in [0.15, 0.2) is 29.2 Å². The van der Waals surface area contributed by atoms with Crippen molar-refractivity contribution in [1.29, 1.82) is 0 Å². The van der Waals surface area contributed by atoms with Gasteiger partial charge in [0, 0.05) is 32.3 Å². The molecule has 0 radical (unpaired) electrons. The Kier molecular flexibility index (Phi) is 6.20. The molecule has 3 rings (SSSR count). The van der Waals surface area contributed by atoms with Gasteiger partial charge in [0.2, 0.25) is 15.9 Å². The molecule has 0 unspecified atom stereocenters. The summed E-state index contributed by atoms with van der Waals surface area (Å²) in [5, 5.41) is 7.17. The first-order chi connectivity index (χ1) is 13.3. The maximum Gasteiger partial charge on any atom is 0.245 e. The van der Waals surface area contributed by atoms with Crippen LogP contribution in [0.5, 0.6) is 0 Å². The molecule has 0 bridgehead atoms. The SMILES string of the molecule is Cc1nn(C)c(C)c1CCC(=O)Nc1ccccc1S(=O)(=O)N1CCCCC1. The zero-order valence-electron chi connectivity index (χ0n) is 16.7. The van der Waals surface area contributed by atoms with Crippen LogP contribution in [-0.2, 0) is 28.3 Å². The summed E-state index contributed by atoms with van der Waals surface area (Å²) in [4.78, 5) is 12.7. The third-order valence-corrected chi connectivity index (χ3v) is 7.31. The number of rotatable bonds is 6. The summed E-state index contributed by atoms with van der Waals surface area (Å²) in [6.07, 6.45) is 3.64. The monoisotopic (exact) mass is 404 g/mol. The van der Waals surface area contributed by atoms with Crippen LogP contribution in [0.1, 0.15) is 42.6 Å². The van der Waals surface area contributed by atoms with Crippen LogP contribution in [-0.4, -0.2) is 41.5 Å². The van der Waals surface area contributed by atoms with Gasteiger partial charge in [-0.25, -0.2) is 8.42 Å². The topological polar surface area (TPSA) is 84.3 Å². The van der Waals surface area contributed by atoms with Crippen LogP contribution < -0.4 is 5.32 Å². The molecule has 1 N–H and O–H groups in total. The molecule has 2 aromatic rings. The highest BCUT2D eigenvalue weighted by Gasteiger charge is 2.28. The van der Waals surface area contributed by atoms with E-state index < -0.39 is 10.0 Å². The molecule has 1 aliphatic heterocycles. The molecule has 1 saturated heterocycles. The maximum absolute atomic E-state index is 13.0. The first-order valence-corrected chi connectivity index (χ1v) is 11.1. The number of hydrogen-bond donors (Lipinski definition) is 1. The molecule has 1 aliphatic rings. The molecule has 1 amide bonds. The lowest BCUT2D eigenvalue weighted by molar-refractivity contribution is -0.116. The smallest absolute Gasteiger partial charge is 0.245 e. The number of carbonyl (C=O) groups excluding carboxylic acids is 1. The molecule has 0 atom stereocenters. The summed E-state index contributed by atoms with van der Waals surface area (Å²) in [6.45, 7) is 4.98. The summed E-state index contributed by atoms with van der Waals surface area (Å²) >= 11 is 0. The van der Waals surface area contributed by atoms with E-state index in [0.29, 0.717) is 25.2 Å². The molecule has 1 aromatic heterocycles. The van der Waals surface area contributed by atoms with Crippen LogP contribution in [0.4, 0.5) is 5.69 Å². The van der Waals surface area contributed by atoms with Crippen molar-refractivity contribution in [2.24, 2.45) is 7.05 Å². The molecule has 1 fully saturated rings. The zero-order chi connectivity index (χ0) is 20.3. The average molecular weight is 405 g/mol. The second-order valence-electron chi connectivity index (χ2n) is 7.28. The minimum absolute atomic E-state index is 0.166. The van der Waals surface area contributed by atoms with Crippen molar-refractivity contribution in [2.45, 2.75) is 50.8 Å². The lowest BCUT2D eigenvalue weighted by Crippen LogP contribution is -2.36. The highest BCUT2D eigenvalue weighted by atomic mass is 32.2. The van der Waals surface area contributed by atoms with E-state index in [1.807, 2.05) is 25.6 Å². The standard InChI is InChI=1S/C20H28N4O3S/c1-15-17(16(2)23(3)22-15)11-12-20(25)21-18-9-5-6-10-19(18)28(26,27)24-13-7-4-8-14-24/h5-6,9-10H,4,7-8,11-14H2,1-3H3,(H,21,25). The number of sulfonamides is 1. The number of nitrogens with one attached hydrogen (secondary N) is 1. The van der Waals surface area contributed by atoms with E-state index in [9.17, 15) is 13.2 Å². The van der Waals surface area contributed by atoms with Crippen molar-refractivity contribution in [2.75, 3.05) is 18.4 Å². The number of piperidine rings is 1. The number of aromatic nitrogens is 2. The van der Waals surface area contributed by atoms with E-state index in [-0.39, 0.29) is 17.2 Å². The number of benzene rings is 1. The third kappa shape index (κ3) is 4.28. The minimum Gasteiger partial charge on any atom is -0.325 e. The molecule has 28 heavy (non-hydrogen) atoms. The van der Waals surface area contributed by atoms with Gasteiger partial charge in [-0.15, -0.1) is 0 Å². The second-order valence-corrected chi connectivity index (χ2v) is 9.19. The van der Waals surface area contributed by atoms with Gasteiger partial charge in [0.05, 0.1) is 11.4 Å². The number of nitrogens with zero attached hydrogens (tertiary/aromatic N) is 3. The number of aryl methyl sites for hydroxylation is 2. The molecule has 0 saturated carbocycles. The van der Waals surface area contributed by atoms with E-state index in [2.05, 4.69) is 10.4 Å². The lowest BCUT2D eigenvalue weighted by Gasteiger charge is -2.26. The summed E-state index contributed by atoms with van der Waals surface area (Å²) in [5.41, 5.74) is 3.36. The number of hydrogen-bond acceptors (Lipinski definition) is 4. The molecular formula is C20H28N4O3S. The van der Waals surface area contributed by atoms with Gasteiger partial charge in [0.15, 0.2) is 0 Å². The van der Waals surface area contributed by atoms with Gasteiger partial charge in [-0.3, -0.25) is 9.48 Å². The number of para-hydroxylation sites is 1. The maximum atomic E-state index is 13.0. The Morgan fingerprint density at radius 2 is 1.82 bits per heavy atom. The van der Waals surface area contributed by atoms with Gasteiger partial charge < -0.3 is 5.32 Å². The average Bonchev–Trinajstić information content (AvgIpc) is 2.92. The Morgan fingerprint density at radius 1 is 1.14 bits per heavy atom. The number of anilines is 1. The first-order valence-electron chi connectivity index (χ1n) is 9.69. The van der Waals surface area contributed by atoms with Crippen LogP contribution >= 0.6 is 0 Å². The predicted octanol–water partition coefficient (Wildman–Crippen LogP) is 2.78. The highest BCUT2D eigenvalue weighted by molar-refractivity contribution is 7.89. The Bertz CT molecular complexity index is 960. The Morgan fingerprint density at radius 3 is 2.46 bits per heavy atom. The lowest BCUT2D eigenvalue weighted by atomic mass is 10.1. The van der Waals surface area contributed by atoms with E-state index in [0.717, 1.165) is 36.2 Å². The molecule has 8 heteroatoms. The fraction of sp³-hybridized carbons (Fsp3) is 0.500. The quantitative estimate of drug-likeness (QED) is 0.802. The van der Waals surface area contributed by atoms with Crippen LogP contribution in [0.2, 0.25) is 0 Å². The number of carbonyl (C=O) groups is 1. The third-order valence-electron chi connectivity index (χ3n) is 5.35. The highest BCUT2D eigenvalue weighted by Crippen LogP contribution is 2.27. The van der Waals surface area contributed by atoms with Crippen molar-refractivity contribution in [3.63, 3.8) is 0 Å². The molecule has 2 heterocycles. The molecule has 152 valence electrons. The van der Waals surface area contributed by atoms with Gasteiger partial charge >= 0.3 is 0 Å². The van der Waals surface area contributed by atoms with Crippen molar-refractivity contribution in [3.05, 3.63) is 41.2 Å². The normalized spacial score (nSPS) is 15.5. The predicted molar refractivity (Wildman–Crippen MR) is 109 cm³/mol. The fourth-order valence-electron chi connectivity index (χ4n) is 3.67. The Balaban J connectivity index is 1.73. The molecule has 1 aromatic carbocycles. The zero-order valence-corrected chi connectivity index (χ0v) is 17.6. The van der Waals surface area contributed by atoms with E-state index in [4.69, 9.17) is 0 Å². The molecule has 0 aliphatic carbocycles. The van der Waals surface area contributed by atoms with Gasteiger partial charge in [0.25, 0.3) is 0 Å². The molecule has 7 nitrogen and oxygen atoms in total. The number of amides is 1. The van der Waals surface area contributed by atoms with Crippen molar-refractivity contribution >= 4 is 21.6 Å². The van der Waals surface area contributed by atoms with E-state index in [1.54, 1.807) is 24.3 Å². The Hall–Kier alpha value is -2.19. The summed E-state index contributed by atoms with van der Waals surface area (Å²) in [7, 11) is -1.73. The summed E-state index contributed by atoms with van der Waals surface area (Å²) in [6, 6.07) is 6.64. The van der Waals surface area contributed by atoms with Gasteiger partial charge in [-0.2, -0.15) is 9.40 Å². The molecular weight excluding hydrogens is 376 g/mol. The van der Waals surface area contributed by atoms with Crippen LogP contribution in [0.25, 0.3) is 0 Å². The molecule has 0 spiro atoms. The van der Waals surface area contributed by atoms with Crippen LogP contribution in [0.3, 0.4) is 0 Å². The van der Waals surface area contributed by atoms with Gasteiger partial charge in [0.1, 0.15) is 4.90 Å². The van der Waals surface area contributed by atoms with Gasteiger partial charge in [-0.1, -0.05) is 18.6 Å². The van der Waals surface area contributed by atoms with E-state index >= 15 is 0 Å². The van der Waals surface area contributed by atoms with Crippen molar-refractivity contribution in [3.8, 4) is 0 Å². The van der Waals surface area contributed by atoms with Crippen molar-refractivity contribution in [1.82, 2.24) is 14.1 Å². The second kappa shape index (κ2) is 8.45. The Labute approximate surface area is 166 Å². The van der Waals surface area contributed by atoms with Crippen molar-refractivity contribution < 1.29 is 13.2 Å². The minimum atomic E-state index is -3.61. The van der Waals surface area contributed by atoms with Gasteiger partial charge in [-0.05, 0) is 50.8 Å². The van der Waals surface area contributed by atoms with E-state index in [1.165, 1.54) is 4.31 Å². The summed E-state index contributed by atoms with van der Waals surface area (Å²) in [5.74, 6) is -0.205. The fourth-order valence-corrected chi connectivity index (χ4v) is 5.33. The summed E-state index contributed by atoms with van der Waals surface area (Å²) < 4.78 is 29.4.